The fourth-order valence-corrected chi connectivity index (χ4v) is 0.253. The van der Waals surface area contributed by atoms with Crippen LogP contribution in [0.2, 0.25) is 0 Å². The predicted molar refractivity (Wildman–Crippen MR) is 27.8 cm³/mol. The molecule has 4 radical (unpaired) electrons. The molecule has 0 aliphatic rings. The van der Waals surface area contributed by atoms with Gasteiger partial charge in [-0.05, 0) is 12.1 Å². The zero-order valence-electron chi connectivity index (χ0n) is 3.70. The molecule has 1 aromatic rings. The first kappa shape index (κ1) is 7.00. The molecule has 0 aliphatic carbocycles. The molecule has 0 saturated carbocycles. The summed E-state index contributed by atoms with van der Waals surface area (Å²) in [4.78, 5) is 0. The summed E-state index contributed by atoms with van der Waals surface area (Å²) in [5.41, 5.74) is 0. The summed E-state index contributed by atoms with van der Waals surface area (Å²) in [6, 6.07) is 3.65. The Kier molecular flexibility index (Phi) is 4.17. The van der Waals surface area contributed by atoms with Crippen LogP contribution in [0.25, 0.3) is 0 Å². The second kappa shape index (κ2) is 4.17. The Balaban J connectivity index is 0.000000360. The third-order valence-electron chi connectivity index (χ3n) is 0.483. The van der Waals surface area contributed by atoms with Crippen molar-refractivity contribution in [3.63, 3.8) is 0 Å². The largest absolute Gasteiger partial charge is 0.159 e. The van der Waals surface area contributed by atoms with Crippen LogP contribution in [0.1, 0.15) is 0 Å². The van der Waals surface area contributed by atoms with Crippen LogP contribution in [0.15, 0.2) is 24.5 Å². The molecule has 0 aromatic carbocycles. The average Bonchev–Trinajstić information content (AvgIpc) is 1.72. The summed E-state index contributed by atoms with van der Waals surface area (Å²) in [7, 11) is 0. The number of rotatable bonds is 0. The van der Waals surface area contributed by atoms with Gasteiger partial charge in [-0.25, -0.2) is 0 Å². The minimum Gasteiger partial charge on any atom is -0.159 e. The van der Waals surface area contributed by atoms with Crippen molar-refractivity contribution in [2.45, 2.75) is 0 Å². The summed E-state index contributed by atoms with van der Waals surface area (Å²) in [6.45, 7) is 0. The van der Waals surface area contributed by atoms with Crippen LogP contribution in [0.3, 0.4) is 0 Å². The molecular weight excluding hydrogens is 283 g/mol. The monoisotopic (exact) mass is 288 g/mol. The number of nitrogens with zero attached hydrogens (tertiary/aromatic N) is 2. The van der Waals surface area contributed by atoms with Crippen LogP contribution >= 0.6 is 0 Å². The molecule has 1 aromatic heterocycles. The van der Waals surface area contributed by atoms with Crippen LogP contribution in [0, 0.1) is 0 Å². The Hall–Kier alpha value is 0.00208. The molecule has 1 rings (SSSR count). The zero-order valence-corrected chi connectivity index (χ0v) is 7.59. The van der Waals surface area contributed by atoms with E-state index in [-0.39, 0.29) is 27.3 Å². The Labute approximate surface area is 62.1 Å². The van der Waals surface area contributed by atoms with Gasteiger partial charge in [0.05, 0.1) is 0 Å². The summed E-state index contributed by atoms with van der Waals surface area (Å²) < 4.78 is 0. The zero-order chi connectivity index (χ0) is 4.24. The van der Waals surface area contributed by atoms with Crippen molar-refractivity contribution in [2.24, 2.45) is 0 Å². The SMILES string of the molecule is [Pb].c1ccnnc1. The minimum absolute atomic E-state index is 0. The van der Waals surface area contributed by atoms with Crippen molar-refractivity contribution >= 4 is 27.3 Å². The van der Waals surface area contributed by atoms with Crippen molar-refractivity contribution in [2.75, 3.05) is 0 Å². The molecule has 0 spiro atoms. The maximum absolute atomic E-state index is 3.53. The van der Waals surface area contributed by atoms with Crippen molar-refractivity contribution in [1.82, 2.24) is 10.2 Å². The number of aromatic nitrogens is 2. The second-order valence-corrected chi connectivity index (χ2v) is 0.914. The van der Waals surface area contributed by atoms with E-state index in [1.807, 2.05) is 12.1 Å². The van der Waals surface area contributed by atoms with E-state index in [1.54, 1.807) is 12.4 Å². The molecule has 0 saturated heterocycles. The van der Waals surface area contributed by atoms with E-state index < -0.39 is 0 Å². The number of hydrogen-bond donors (Lipinski definition) is 0. The second-order valence-electron chi connectivity index (χ2n) is 0.914. The van der Waals surface area contributed by atoms with Crippen LogP contribution < -0.4 is 0 Å². The Morgan fingerprint density at radius 3 is 1.43 bits per heavy atom. The molecule has 0 unspecified atom stereocenters. The molecule has 0 fully saturated rings. The molecule has 2 nitrogen and oxygen atoms in total. The molecule has 3 heteroatoms. The van der Waals surface area contributed by atoms with E-state index in [4.69, 9.17) is 0 Å². The van der Waals surface area contributed by atoms with Gasteiger partial charge in [0.2, 0.25) is 0 Å². The topological polar surface area (TPSA) is 25.8 Å². The first-order valence-corrected chi connectivity index (χ1v) is 1.72. The smallest absolute Gasteiger partial charge is 0.0496 e. The van der Waals surface area contributed by atoms with E-state index in [0.29, 0.717) is 0 Å². The molecule has 0 atom stereocenters. The first-order valence-electron chi connectivity index (χ1n) is 1.72. The summed E-state index contributed by atoms with van der Waals surface area (Å²) in [6.07, 6.45) is 3.28. The summed E-state index contributed by atoms with van der Waals surface area (Å²) >= 11 is 0. The summed E-state index contributed by atoms with van der Waals surface area (Å²) in [5.74, 6) is 0. The van der Waals surface area contributed by atoms with E-state index in [2.05, 4.69) is 10.2 Å². The van der Waals surface area contributed by atoms with E-state index in [9.17, 15) is 0 Å². The molecular formula is C4H4N2Pb. The minimum atomic E-state index is 0. The standard InChI is InChI=1S/C4H4N2.Pb/c1-2-4-6-5-3-1;/h1-4H;. The van der Waals surface area contributed by atoms with Crippen molar-refractivity contribution in [1.29, 1.82) is 0 Å². The van der Waals surface area contributed by atoms with Gasteiger partial charge in [0.25, 0.3) is 0 Å². The van der Waals surface area contributed by atoms with Crippen LogP contribution in [0.4, 0.5) is 0 Å². The molecule has 0 aliphatic heterocycles. The normalized spacial score (nSPS) is 6.86. The average molecular weight is 287 g/mol. The Morgan fingerprint density at radius 2 is 1.29 bits per heavy atom. The van der Waals surface area contributed by atoms with Gasteiger partial charge in [0, 0.05) is 39.7 Å². The van der Waals surface area contributed by atoms with Crippen molar-refractivity contribution in [3.05, 3.63) is 24.5 Å². The third-order valence-corrected chi connectivity index (χ3v) is 0.483. The fraction of sp³-hybridized carbons (Fsp3) is 0. The summed E-state index contributed by atoms with van der Waals surface area (Å²) in [5, 5.41) is 7.07. The van der Waals surface area contributed by atoms with Gasteiger partial charge < -0.3 is 0 Å². The van der Waals surface area contributed by atoms with Gasteiger partial charge in [-0.3, -0.25) is 0 Å². The maximum atomic E-state index is 3.53. The van der Waals surface area contributed by atoms with Gasteiger partial charge >= 0.3 is 0 Å². The third kappa shape index (κ3) is 2.67. The molecule has 34 valence electrons. The van der Waals surface area contributed by atoms with Gasteiger partial charge in [0.15, 0.2) is 0 Å². The molecule has 1 heterocycles. The van der Waals surface area contributed by atoms with E-state index >= 15 is 0 Å². The quantitative estimate of drug-likeness (QED) is 0.632. The molecule has 0 bridgehead atoms. The molecule has 0 amide bonds. The van der Waals surface area contributed by atoms with Crippen LogP contribution in [0.5, 0.6) is 0 Å². The Bertz CT molecular complexity index is 81.6. The van der Waals surface area contributed by atoms with E-state index in [1.165, 1.54) is 0 Å². The van der Waals surface area contributed by atoms with Crippen LogP contribution in [-0.2, 0) is 0 Å². The molecule has 7 heavy (non-hydrogen) atoms. The van der Waals surface area contributed by atoms with Gasteiger partial charge in [-0.2, -0.15) is 10.2 Å². The first-order chi connectivity index (χ1) is 3.00. The maximum Gasteiger partial charge on any atom is 0.0496 e. The van der Waals surface area contributed by atoms with Gasteiger partial charge in [0.1, 0.15) is 0 Å². The van der Waals surface area contributed by atoms with Gasteiger partial charge in [-0.1, -0.05) is 0 Å². The Morgan fingerprint density at radius 1 is 0.857 bits per heavy atom. The molecule has 0 N–H and O–H groups in total. The number of hydrogen-bond acceptors (Lipinski definition) is 2. The predicted octanol–water partition coefficient (Wildman–Crippen LogP) is 0.0958. The fourth-order valence-electron chi connectivity index (χ4n) is 0.253. The van der Waals surface area contributed by atoms with E-state index in [0.717, 1.165) is 0 Å². The van der Waals surface area contributed by atoms with Crippen molar-refractivity contribution < 1.29 is 0 Å². The van der Waals surface area contributed by atoms with Crippen molar-refractivity contribution in [3.8, 4) is 0 Å². The van der Waals surface area contributed by atoms with Crippen LogP contribution in [-0.4, -0.2) is 37.5 Å². The van der Waals surface area contributed by atoms with Gasteiger partial charge in [-0.15, -0.1) is 0 Å².